The Morgan fingerprint density at radius 2 is 2.00 bits per heavy atom. The van der Waals surface area contributed by atoms with E-state index in [1.807, 2.05) is 30.3 Å². The molecule has 0 aliphatic rings. The SMILES string of the molecule is O=C(O)c1nnc(Cc2ccccc2)s1. The van der Waals surface area contributed by atoms with Gasteiger partial charge in [-0.3, -0.25) is 0 Å². The van der Waals surface area contributed by atoms with Crippen molar-refractivity contribution in [1.82, 2.24) is 10.2 Å². The van der Waals surface area contributed by atoms with Gasteiger partial charge in [0.15, 0.2) is 0 Å². The lowest BCUT2D eigenvalue weighted by atomic mass is 10.2. The predicted octanol–water partition coefficient (Wildman–Crippen LogP) is 1.83. The largest absolute Gasteiger partial charge is 0.476 e. The van der Waals surface area contributed by atoms with E-state index in [2.05, 4.69) is 10.2 Å². The zero-order valence-corrected chi connectivity index (χ0v) is 8.57. The van der Waals surface area contributed by atoms with Gasteiger partial charge in [-0.25, -0.2) is 4.79 Å². The van der Waals surface area contributed by atoms with Gasteiger partial charge in [-0.05, 0) is 5.56 Å². The second-order valence-electron chi connectivity index (χ2n) is 2.97. The van der Waals surface area contributed by atoms with Crippen LogP contribution in [0, 0.1) is 0 Å². The summed E-state index contributed by atoms with van der Waals surface area (Å²) in [5, 5.41) is 16.8. The molecular weight excluding hydrogens is 212 g/mol. The average Bonchev–Trinajstić information content (AvgIpc) is 2.68. The third-order valence-electron chi connectivity index (χ3n) is 1.85. The summed E-state index contributed by atoms with van der Waals surface area (Å²) in [4.78, 5) is 10.6. The summed E-state index contributed by atoms with van der Waals surface area (Å²) in [6.07, 6.45) is 0.631. The molecule has 0 aliphatic carbocycles. The normalized spacial score (nSPS) is 10.1. The minimum absolute atomic E-state index is 0.0425. The number of nitrogens with zero attached hydrogens (tertiary/aromatic N) is 2. The first-order valence-corrected chi connectivity index (χ1v) is 5.17. The van der Waals surface area contributed by atoms with Crippen LogP contribution in [0.1, 0.15) is 20.4 Å². The number of hydrogen-bond acceptors (Lipinski definition) is 4. The molecule has 2 rings (SSSR count). The topological polar surface area (TPSA) is 63.1 Å². The lowest BCUT2D eigenvalue weighted by Gasteiger charge is -1.94. The first-order chi connectivity index (χ1) is 7.25. The third-order valence-corrected chi connectivity index (χ3v) is 2.76. The number of aromatic carboxylic acids is 1. The van der Waals surface area contributed by atoms with E-state index in [9.17, 15) is 4.79 Å². The summed E-state index contributed by atoms with van der Waals surface area (Å²) >= 11 is 1.11. The van der Waals surface area contributed by atoms with Gasteiger partial charge in [0.1, 0.15) is 5.01 Å². The quantitative estimate of drug-likeness (QED) is 0.857. The lowest BCUT2D eigenvalue weighted by Crippen LogP contribution is -1.93. The Hall–Kier alpha value is -1.75. The molecule has 0 fully saturated rings. The first kappa shape index (κ1) is 9.79. The molecule has 76 valence electrons. The molecular formula is C10H8N2O2S. The molecule has 0 bridgehead atoms. The van der Waals surface area contributed by atoms with Crippen molar-refractivity contribution in [3.63, 3.8) is 0 Å². The molecule has 0 saturated carbocycles. The third kappa shape index (κ3) is 2.38. The Balaban J connectivity index is 2.15. The average molecular weight is 220 g/mol. The lowest BCUT2D eigenvalue weighted by molar-refractivity contribution is 0.0695. The molecule has 2 aromatic rings. The molecule has 0 saturated heterocycles. The van der Waals surface area contributed by atoms with Gasteiger partial charge in [-0.15, -0.1) is 10.2 Å². The van der Waals surface area contributed by atoms with Crippen molar-refractivity contribution in [1.29, 1.82) is 0 Å². The fourth-order valence-corrected chi connectivity index (χ4v) is 1.89. The van der Waals surface area contributed by atoms with Gasteiger partial charge >= 0.3 is 5.97 Å². The summed E-state index contributed by atoms with van der Waals surface area (Å²) in [5.41, 5.74) is 1.10. The summed E-state index contributed by atoms with van der Waals surface area (Å²) in [5.74, 6) is -1.02. The van der Waals surface area contributed by atoms with Crippen LogP contribution in [-0.2, 0) is 6.42 Å². The van der Waals surface area contributed by atoms with Crippen LogP contribution < -0.4 is 0 Å². The van der Waals surface area contributed by atoms with Crippen LogP contribution in [0.4, 0.5) is 0 Å². The van der Waals surface area contributed by atoms with Gasteiger partial charge < -0.3 is 5.11 Å². The maximum absolute atomic E-state index is 10.6. The Bertz CT molecular complexity index is 467. The Labute approximate surface area is 90.2 Å². The van der Waals surface area contributed by atoms with E-state index in [4.69, 9.17) is 5.11 Å². The zero-order chi connectivity index (χ0) is 10.7. The number of benzene rings is 1. The van der Waals surface area contributed by atoms with Crippen molar-refractivity contribution < 1.29 is 9.90 Å². The van der Waals surface area contributed by atoms with Crippen LogP contribution in [0.15, 0.2) is 30.3 Å². The van der Waals surface area contributed by atoms with Crippen LogP contribution >= 0.6 is 11.3 Å². The van der Waals surface area contributed by atoms with Crippen molar-refractivity contribution in [3.8, 4) is 0 Å². The highest BCUT2D eigenvalue weighted by Gasteiger charge is 2.10. The van der Waals surface area contributed by atoms with Gasteiger partial charge in [-0.2, -0.15) is 0 Å². The minimum atomic E-state index is -1.02. The summed E-state index contributed by atoms with van der Waals surface area (Å²) < 4.78 is 0. The van der Waals surface area contributed by atoms with Crippen LogP contribution in [0.5, 0.6) is 0 Å². The Morgan fingerprint density at radius 1 is 1.27 bits per heavy atom. The predicted molar refractivity (Wildman–Crippen MR) is 56.1 cm³/mol. The fourth-order valence-electron chi connectivity index (χ4n) is 1.18. The molecule has 1 aromatic heterocycles. The minimum Gasteiger partial charge on any atom is -0.476 e. The van der Waals surface area contributed by atoms with E-state index in [1.165, 1.54) is 0 Å². The van der Waals surface area contributed by atoms with Gasteiger partial charge in [0.05, 0.1) is 0 Å². The van der Waals surface area contributed by atoms with Crippen molar-refractivity contribution in [2.24, 2.45) is 0 Å². The maximum Gasteiger partial charge on any atom is 0.367 e. The molecule has 0 aliphatic heterocycles. The molecule has 0 amide bonds. The van der Waals surface area contributed by atoms with E-state index >= 15 is 0 Å². The smallest absolute Gasteiger partial charge is 0.367 e. The number of carboxylic acid groups (broad SMARTS) is 1. The van der Waals surface area contributed by atoms with Crippen LogP contribution in [0.2, 0.25) is 0 Å². The summed E-state index contributed by atoms with van der Waals surface area (Å²) in [6, 6.07) is 9.76. The van der Waals surface area contributed by atoms with Crippen LogP contribution in [0.25, 0.3) is 0 Å². The number of hydrogen-bond donors (Lipinski definition) is 1. The van der Waals surface area contributed by atoms with Crippen molar-refractivity contribution in [2.45, 2.75) is 6.42 Å². The molecule has 0 spiro atoms. The highest BCUT2D eigenvalue weighted by molar-refractivity contribution is 7.13. The Morgan fingerprint density at radius 3 is 2.60 bits per heavy atom. The number of aromatic nitrogens is 2. The van der Waals surface area contributed by atoms with E-state index in [-0.39, 0.29) is 5.01 Å². The Kier molecular flexibility index (Phi) is 2.73. The summed E-state index contributed by atoms with van der Waals surface area (Å²) in [6.45, 7) is 0. The van der Waals surface area contributed by atoms with Crippen LogP contribution in [-0.4, -0.2) is 21.3 Å². The summed E-state index contributed by atoms with van der Waals surface area (Å²) in [7, 11) is 0. The first-order valence-electron chi connectivity index (χ1n) is 4.35. The molecule has 15 heavy (non-hydrogen) atoms. The van der Waals surface area contributed by atoms with E-state index in [1.54, 1.807) is 0 Å². The van der Waals surface area contributed by atoms with E-state index in [0.29, 0.717) is 6.42 Å². The van der Waals surface area contributed by atoms with E-state index < -0.39 is 5.97 Å². The number of carbonyl (C=O) groups is 1. The zero-order valence-electron chi connectivity index (χ0n) is 7.75. The molecule has 1 N–H and O–H groups in total. The monoisotopic (exact) mass is 220 g/mol. The molecule has 0 radical (unpaired) electrons. The second-order valence-corrected chi connectivity index (χ2v) is 4.03. The van der Waals surface area contributed by atoms with Gasteiger partial charge in [0.2, 0.25) is 5.01 Å². The maximum atomic E-state index is 10.6. The fraction of sp³-hybridized carbons (Fsp3) is 0.100. The van der Waals surface area contributed by atoms with Crippen molar-refractivity contribution >= 4 is 17.3 Å². The molecule has 4 nitrogen and oxygen atoms in total. The standard InChI is InChI=1S/C10H8N2O2S/c13-10(14)9-12-11-8(15-9)6-7-4-2-1-3-5-7/h1-5H,6H2,(H,13,14). The van der Waals surface area contributed by atoms with Gasteiger partial charge in [0.25, 0.3) is 0 Å². The highest BCUT2D eigenvalue weighted by atomic mass is 32.1. The number of carboxylic acids is 1. The van der Waals surface area contributed by atoms with Gasteiger partial charge in [0, 0.05) is 6.42 Å². The van der Waals surface area contributed by atoms with Crippen molar-refractivity contribution in [3.05, 3.63) is 45.9 Å². The number of rotatable bonds is 3. The molecule has 0 atom stereocenters. The van der Waals surface area contributed by atoms with Gasteiger partial charge in [-0.1, -0.05) is 41.7 Å². The second kappa shape index (κ2) is 4.18. The van der Waals surface area contributed by atoms with Crippen molar-refractivity contribution in [2.75, 3.05) is 0 Å². The molecule has 1 aromatic carbocycles. The molecule has 5 heteroatoms. The van der Waals surface area contributed by atoms with E-state index in [0.717, 1.165) is 21.9 Å². The molecule has 0 unspecified atom stereocenters. The molecule has 1 heterocycles. The van der Waals surface area contributed by atoms with Crippen LogP contribution in [0.3, 0.4) is 0 Å². The highest BCUT2D eigenvalue weighted by Crippen LogP contribution is 2.14.